The number of rotatable bonds is 3. The topological polar surface area (TPSA) is 20.2 Å². The molecular weight excluding hydrogens is 344 g/mol. The first kappa shape index (κ1) is 16.5. The van der Waals surface area contributed by atoms with Gasteiger partial charge in [0.25, 0.3) is 0 Å². The summed E-state index contributed by atoms with van der Waals surface area (Å²) in [6.07, 6.45) is -4.50. The third-order valence-corrected chi connectivity index (χ3v) is 4.46. The molecule has 21 heavy (non-hydrogen) atoms. The van der Waals surface area contributed by atoms with E-state index in [0.717, 1.165) is 17.8 Å². The van der Waals surface area contributed by atoms with Gasteiger partial charge in [-0.15, -0.1) is 0 Å². The summed E-state index contributed by atoms with van der Waals surface area (Å²) in [6, 6.07) is 8.37. The minimum Gasteiger partial charge on any atom is -0.392 e. The van der Waals surface area contributed by atoms with Gasteiger partial charge in [-0.2, -0.15) is 13.2 Å². The van der Waals surface area contributed by atoms with Crippen LogP contribution >= 0.6 is 35.0 Å². The predicted molar refractivity (Wildman–Crippen MR) is 78.0 cm³/mol. The quantitative estimate of drug-likeness (QED) is 0.769. The van der Waals surface area contributed by atoms with Gasteiger partial charge in [-0.05, 0) is 35.9 Å². The molecular formula is C14H9Cl2F3OS. The Kier molecular flexibility index (Phi) is 5.09. The minimum atomic E-state index is -4.50. The lowest BCUT2D eigenvalue weighted by Gasteiger charge is -2.14. The van der Waals surface area contributed by atoms with Crippen LogP contribution < -0.4 is 0 Å². The average molecular weight is 353 g/mol. The molecule has 0 bridgehead atoms. The Labute approximate surface area is 133 Å². The van der Waals surface area contributed by atoms with E-state index >= 15 is 0 Å². The van der Waals surface area contributed by atoms with Crippen molar-refractivity contribution in [3.05, 3.63) is 57.6 Å². The molecule has 0 amide bonds. The number of hydrogen-bond donors (Lipinski definition) is 1. The normalized spacial score (nSPS) is 11.7. The van der Waals surface area contributed by atoms with Crippen molar-refractivity contribution in [2.45, 2.75) is 22.6 Å². The van der Waals surface area contributed by atoms with Gasteiger partial charge in [0, 0.05) is 9.79 Å². The van der Waals surface area contributed by atoms with Crippen molar-refractivity contribution in [1.82, 2.24) is 0 Å². The SMILES string of the molecule is OCc1ccc(Sc2ccc(Cl)c(Cl)c2)c(C(F)(F)F)c1. The summed E-state index contributed by atoms with van der Waals surface area (Å²) in [4.78, 5) is 0.588. The highest BCUT2D eigenvalue weighted by Crippen LogP contribution is 2.41. The van der Waals surface area contributed by atoms with Crippen LogP contribution in [-0.4, -0.2) is 5.11 Å². The first-order chi connectivity index (χ1) is 9.81. The van der Waals surface area contributed by atoms with Gasteiger partial charge in [0.15, 0.2) is 0 Å². The summed E-state index contributed by atoms with van der Waals surface area (Å²) in [5.41, 5.74) is -0.578. The molecule has 2 rings (SSSR count). The van der Waals surface area contributed by atoms with Crippen molar-refractivity contribution >= 4 is 35.0 Å². The number of benzene rings is 2. The van der Waals surface area contributed by atoms with E-state index in [0.29, 0.717) is 9.92 Å². The minimum absolute atomic E-state index is 0.0399. The molecule has 0 aliphatic carbocycles. The second-order valence-electron chi connectivity index (χ2n) is 4.16. The van der Waals surface area contributed by atoms with E-state index in [1.54, 1.807) is 6.07 Å². The Morgan fingerprint density at radius 2 is 1.71 bits per heavy atom. The first-order valence-electron chi connectivity index (χ1n) is 5.75. The summed E-state index contributed by atoms with van der Waals surface area (Å²) in [5, 5.41) is 9.59. The summed E-state index contributed by atoms with van der Waals surface area (Å²) in [5.74, 6) is 0. The van der Waals surface area contributed by atoms with Crippen molar-refractivity contribution in [2.24, 2.45) is 0 Å². The molecule has 0 aliphatic rings. The van der Waals surface area contributed by atoms with Crippen LogP contribution in [0.25, 0.3) is 0 Å². The van der Waals surface area contributed by atoms with E-state index < -0.39 is 18.3 Å². The van der Waals surface area contributed by atoms with Crippen LogP contribution in [-0.2, 0) is 12.8 Å². The van der Waals surface area contributed by atoms with Crippen LogP contribution in [0.3, 0.4) is 0 Å². The van der Waals surface area contributed by atoms with Crippen molar-refractivity contribution in [3.8, 4) is 0 Å². The Morgan fingerprint density at radius 1 is 1.00 bits per heavy atom. The highest BCUT2D eigenvalue weighted by Gasteiger charge is 2.33. The van der Waals surface area contributed by atoms with Gasteiger partial charge >= 0.3 is 6.18 Å². The second kappa shape index (κ2) is 6.48. The maximum absolute atomic E-state index is 13.1. The Morgan fingerprint density at radius 3 is 2.29 bits per heavy atom. The van der Waals surface area contributed by atoms with Crippen LogP contribution in [0, 0.1) is 0 Å². The van der Waals surface area contributed by atoms with E-state index in [4.69, 9.17) is 28.3 Å². The lowest BCUT2D eigenvalue weighted by Crippen LogP contribution is -2.07. The Bertz CT molecular complexity index is 659. The lowest BCUT2D eigenvalue weighted by atomic mass is 10.1. The van der Waals surface area contributed by atoms with Crippen LogP contribution in [0.5, 0.6) is 0 Å². The van der Waals surface area contributed by atoms with Gasteiger partial charge in [-0.1, -0.05) is 41.0 Å². The largest absolute Gasteiger partial charge is 0.417 e. The smallest absolute Gasteiger partial charge is 0.392 e. The summed E-state index contributed by atoms with van der Waals surface area (Å²) >= 11 is 12.6. The standard InChI is InChI=1S/C14H9Cl2F3OS/c15-11-3-2-9(6-12(11)16)21-13-4-1-8(7-20)5-10(13)14(17,18)19/h1-6,20H,7H2. The zero-order chi connectivity index (χ0) is 15.6. The zero-order valence-electron chi connectivity index (χ0n) is 10.4. The predicted octanol–water partition coefficient (Wildman–Crippen LogP) is 5.66. The van der Waals surface area contributed by atoms with Crippen LogP contribution in [0.2, 0.25) is 10.0 Å². The van der Waals surface area contributed by atoms with Crippen LogP contribution in [0.1, 0.15) is 11.1 Å². The van der Waals surface area contributed by atoms with Crippen molar-refractivity contribution in [1.29, 1.82) is 0 Å². The van der Waals surface area contributed by atoms with Gasteiger partial charge in [0.2, 0.25) is 0 Å². The molecule has 0 saturated heterocycles. The third kappa shape index (κ3) is 4.07. The van der Waals surface area contributed by atoms with Gasteiger partial charge < -0.3 is 5.11 Å². The number of halogens is 5. The van der Waals surface area contributed by atoms with Gasteiger partial charge in [-0.3, -0.25) is 0 Å². The number of aliphatic hydroxyl groups is 1. The fourth-order valence-corrected chi connectivity index (χ4v) is 3.00. The molecule has 112 valence electrons. The summed E-state index contributed by atoms with van der Waals surface area (Å²) in [7, 11) is 0. The monoisotopic (exact) mass is 352 g/mol. The van der Waals surface area contributed by atoms with E-state index in [-0.39, 0.29) is 15.5 Å². The molecule has 2 aromatic carbocycles. The molecule has 0 saturated carbocycles. The molecule has 0 spiro atoms. The maximum Gasteiger partial charge on any atom is 0.417 e. The highest BCUT2D eigenvalue weighted by molar-refractivity contribution is 7.99. The van der Waals surface area contributed by atoms with Crippen LogP contribution in [0.4, 0.5) is 13.2 Å². The number of alkyl halides is 3. The van der Waals surface area contributed by atoms with E-state index in [2.05, 4.69) is 0 Å². The number of aliphatic hydroxyl groups excluding tert-OH is 1. The molecule has 0 aliphatic heterocycles. The molecule has 0 aromatic heterocycles. The summed E-state index contributed by atoms with van der Waals surface area (Å²) < 4.78 is 39.2. The Balaban J connectivity index is 2.41. The molecule has 1 N–H and O–H groups in total. The van der Waals surface area contributed by atoms with Crippen molar-refractivity contribution < 1.29 is 18.3 Å². The van der Waals surface area contributed by atoms with E-state index in [9.17, 15) is 13.2 Å². The highest BCUT2D eigenvalue weighted by atomic mass is 35.5. The Hall–Kier alpha value is -0.880. The van der Waals surface area contributed by atoms with Crippen molar-refractivity contribution in [3.63, 3.8) is 0 Å². The molecule has 2 aromatic rings. The third-order valence-electron chi connectivity index (χ3n) is 2.65. The van der Waals surface area contributed by atoms with Crippen LogP contribution in [0.15, 0.2) is 46.2 Å². The molecule has 0 unspecified atom stereocenters. The van der Waals surface area contributed by atoms with Gasteiger partial charge in [0.1, 0.15) is 0 Å². The average Bonchev–Trinajstić information content (AvgIpc) is 2.42. The van der Waals surface area contributed by atoms with Crippen molar-refractivity contribution in [2.75, 3.05) is 0 Å². The molecule has 1 nitrogen and oxygen atoms in total. The maximum atomic E-state index is 13.1. The molecule has 0 radical (unpaired) electrons. The zero-order valence-corrected chi connectivity index (χ0v) is 12.7. The molecule has 0 fully saturated rings. The van der Waals surface area contributed by atoms with E-state index in [1.807, 2.05) is 0 Å². The van der Waals surface area contributed by atoms with Gasteiger partial charge in [0.05, 0.1) is 22.2 Å². The lowest BCUT2D eigenvalue weighted by molar-refractivity contribution is -0.139. The fourth-order valence-electron chi connectivity index (χ4n) is 1.65. The number of hydrogen-bond acceptors (Lipinski definition) is 2. The molecule has 0 heterocycles. The first-order valence-corrected chi connectivity index (χ1v) is 7.32. The van der Waals surface area contributed by atoms with Gasteiger partial charge in [-0.25, -0.2) is 0 Å². The molecule has 0 atom stereocenters. The summed E-state index contributed by atoms with van der Waals surface area (Å²) in [6.45, 7) is -0.444. The molecule has 7 heteroatoms. The van der Waals surface area contributed by atoms with E-state index in [1.165, 1.54) is 24.3 Å². The fraction of sp³-hybridized carbons (Fsp3) is 0.143. The second-order valence-corrected chi connectivity index (χ2v) is 6.09.